The lowest BCUT2D eigenvalue weighted by Crippen LogP contribution is -2.36. The second-order valence-electron chi connectivity index (χ2n) is 5.74. The molecule has 2 rings (SSSR count). The summed E-state index contributed by atoms with van der Waals surface area (Å²) >= 11 is 0. The maximum absolute atomic E-state index is 10.4. The molecule has 1 heterocycles. The summed E-state index contributed by atoms with van der Waals surface area (Å²) < 4.78 is 5.14. The molecule has 0 amide bonds. The number of hydrogen-bond acceptors (Lipinski definition) is 3. The first-order chi connectivity index (χ1) is 9.11. The van der Waals surface area contributed by atoms with Crippen LogP contribution >= 0.6 is 0 Å². The van der Waals surface area contributed by atoms with Crippen molar-refractivity contribution in [2.24, 2.45) is 5.92 Å². The van der Waals surface area contributed by atoms with Crippen LogP contribution in [0.25, 0.3) is 0 Å². The van der Waals surface area contributed by atoms with Crippen LogP contribution in [0.1, 0.15) is 38.4 Å². The maximum atomic E-state index is 10.4. The van der Waals surface area contributed by atoms with E-state index in [1.807, 2.05) is 24.3 Å². The predicted molar refractivity (Wildman–Crippen MR) is 77.4 cm³/mol. The fourth-order valence-electron chi connectivity index (χ4n) is 2.99. The third-order valence-electron chi connectivity index (χ3n) is 4.09. The van der Waals surface area contributed by atoms with Gasteiger partial charge >= 0.3 is 0 Å². The maximum Gasteiger partial charge on any atom is 0.118 e. The van der Waals surface area contributed by atoms with Crippen LogP contribution in [0.5, 0.6) is 5.75 Å². The van der Waals surface area contributed by atoms with E-state index < -0.39 is 6.10 Å². The molecule has 0 aromatic heterocycles. The van der Waals surface area contributed by atoms with Gasteiger partial charge in [-0.2, -0.15) is 0 Å². The van der Waals surface area contributed by atoms with Crippen LogP contribution in [-0.4, -0.2) is 36.2 Å². The van der Waals surface area contributed by atoms with Crippen LogP contribution < -0.4 is 4.74 Å². The molecule has 106 valence electrons. The fourth-order valence-corrected chi connectivity index (χ4v) is 2.99. The Hall–Kier alpha value is -1.06. The molecule has 1 N–H and O–H groups in total. The Morgan fingerprint density at radius 2 is 2.00 bits per heavy atom. The highest BCUT2D eigenvalue weighted by molar-refractivity contribution is 5.28. The lowest BCUT2D eigenvalue weighted by Gasteiger charge is -2.29. The number of ether oxygens (including phenoxy) is 1. The number of nitrogens with zero attached hydrogens (tertiary/aromatic N) is 1. The van der Waals surface area contributed by atoms with Crippen molar-refractivity contribution in [2.75, 3.05) is 20.2 Å². The average molecular weight is 263 g/mol. The Bertz CT molecular complexity index is 388. The molecule has 1 aromatic carbocycles. The SMILES string of the molecule is COc1ccc(C(O)CN2CCCC2C(C)C)cc1. The zero-order valence-corrected chi connectivity index (χ0v) is 12.2. The summed E-state index contributed by atoms with van der Waals surface area (Å²) in [5.41, 5.74) is 0.968. The molecular formula is C16H25NO2. The van der Waals surface area contributed by atoms with Crippen molar-refractivity contribution < 1.29 is 9.84 Å². The number of rotatable bonds is 5. The van der Waals surface area contributed by atoms with Gasteiger partial charge < -0.3 is 9.84 Å². The molecule has 19 heavy (non-hydrogen) atoms. The summed E-state index contributed by atoms with van der Waals surface area (Å²) in [6.07, 6.45) is 2.09. The van der Waals surface area contributed by atoms with E-state index in [4.69, 9.17) is 4.74 Å². The number of hydrogen-bond donors (Lipinski definition) is 1. The quantitative estimate of drug-likeness (QED) is 0.886. The third kappa shape index (κ3) is 3.48. The van der Waals surface area contributed by atoms with E-state index in [1.54, 1.807) is 7.11 Å². The number of aliphatic hydroxyl groups excluding tert-OH is 1. The third-order valence-corrected chi connectivity index (χ3v) is 4.09. The predicted octanol–water partition coefficient (Wildman–Crippen LogP) is 2.85. The summed E-state index contributed by atoms with van der Waals surface area (Å²) in [4.78, 5) is 2.43. The molecule has 0 aliphatic carbocycles. The lowest BCUT2D eigenvalue weighted by molar-refractivity contribution is 0.0938. The van der Waals surface area contributed by atoms with Crippen molar-refractivity contribution in [3.05, 3.63) is 29.8 Å². The van der Waals surface area contributed by atoms with E-state index in [0.29, 0.717) is 12.0 Å². The topological polar surface area (TPSA) is 32.7 Å². The van der Waals surface area contributed by atoms with Crippen molar-refractivity contribution in [3.8, 4) is 5.75 Å². The van der Waals surface area contributed by atoms with Gasteiger partial charge in [0.25, 0.3) is 0 Å². The van der Waals surface area contributed by atoms with Gasteiger partial charge in [-0.25, -0.2) is 0 Å². The lowest BCUT2D eigenvalue weighted by atomic mass is 10.0. The number of likely N-dealkylation sites (tertiary alicyclic amines) is 1. The Morgan fingerprint density at radius 3 is 2.58 bits per heavy atom. The standard InChI is InChI=1S/C16H25NO2/c1-12(2)15-5-4-10-17(15)11-16(18)13-6-8-14(19-3)9-7-13/h6-9,12,15-16,18H,4-5,10-11H2,1-3H3. The molecule has 1 aromatic rings. The molecule has 3 nitrogen and oxygen atoms in total. The number of aliphatic hydroxyl groups is 1. The summed E-state index contributed by atoms with van der Waals surface area (Å²) in [6.45, 7) is 6.37. The molecule has 0 bridgehead atoms. The van der Waals surface area contributed by atoms with Crippen molar-refractivity contribution in [2.45, 2.75) is 38.8 Å². The summed E-state index contributed by atoms with van der Waals surface area (Å²) in [5, 5.41) is 10.4. The minimum atomic E-state index is -0.412. The van der Waals surface area contributed by atoms with Gasteiger partial charge in [-0.15, -0.1) is 0 Å². The summed E-state index contributed by atoms with van der Waals surface area (Å²) in [5.74, 6) is 1.49. The molecule has 3 heteroatoms. The highest BCUT2D eigenvalue weighted by atomic mass is 16.5. The molecule has 1 fully saturated rings. The molecule has 0 spiro atoms. The van der Waals surface area contributed by atoms with Gasteiger partial charge in [-0.1, -0.05) is 26.0 Å². The zero-order chi connectivity index (χ0) is 13.8. The highest BCUT2D eigenvalue weighted by Gasteiger charge is 2.28. The molecule has 2 atom stereocenters. The van der Waals surface area contributed by atoms with Crippen LogP contribution in [0.4, 0.5) is 0 Å². The molecule has 0 radical (unpaired) electrons. The van der Waals surface area contributed by atoms with Crippen molar-refractivity contribution in [1.82, 2.24) is 4.90 Å². The first kappa shape index (κ1) is 14.4. The van der Waals surface area contributed by atoms with Crippen molar-refractivity contribution >= 4 is 0 Å². The van der Waals surface area contributed by atoms with E-state index >= 15 is 0 Å². The van der Waals surface area contributed by atoms with Crippen LogP contribution in [0.2, 0.25) is 0 Å². The molecule has 1 aliphatic heterocycles. The highest BCUT2D eigenvalue weighted by Crippen LogP contribution is 2.27. The molecular weight excluding hydrogens is 238 g/mol. The number of methoxy groups -OCH3 is 1. The molecule has 1 saturated heterocycles. The summed E-state index contributed by atoms with van der Waals surface area (Å²) in [6, 6.07) is 8.33. The Morgan fingerprint density at radius 1 is 1.32 bits per heavy atom. The van der Waals surface area contributed by atoms with Crippen LogP contribution in [0, 0.1) is 5.92 Å². The van der Waals surface area contributed by atoms with E-state index in [9.17, 15) is 5.11 Å². The largest absolute Gasteiger partial charge is 0.497 e. The minimum absolute atomic E-state index is 0.412. The van der Waals surface area contributed by atoms with Gasteiger partial charge in [0.05, 0.1) is 13.2 Å². The number of β-amino-alcohol motifs (C(OH)–C–C–N with tert-alkyl or cyclic N) is 1. The minimum Gasteiger partial charge on any atom is -0.497 e. The Balaban J connectivity index is 1.97. The molecule has 1 aliphatic rings. The van der Waals surface area contributed by atoms with Gasteiger partial charge in [-0.3, -0.25) is 4.90 Å². The fraction of sp³-hybridized carbons (Fsp3) is 0.625. The summed E-state index contributed by atoms with van der Waals surface area (Å²) in [7, 11) is 1.66. The van der Waals surface area contributed by atoms with E-state index in [2.05, 4.69) is 18.7 Å². The average Bonchev–Trinajstić information content (AvgIpc) is 2.87. The van der Waals surface area contributed by atoms with Gasteiger partial charge in [0.2, 0.25) is 0 Å². The Kier molecular flexibility index (Phi) is 4.83. The van der Waals surface area contributed by atoms with Crippen molar-refractivity contribution in [1.29, 1.82) is 0 Å². The van der Waals surface area contributed by atoms with Crippen LogP contribution in [0.15, 0.2) is 24.3 Å². The van der Waals surface area contributed by atoms with Gasteiger partial charge in [0, 0.05) is 12.6 Å². The second kappa shape index (κ2) is 6.40. The zero-order valence-electron chi connectivity index (χ0n) is 12.2. The molecule has 2 unspecified atom stereocenters. The van der Waals surface area contributed by atoms with Gasteiger partial charge in [0.1, 0.15) is 5.75 Å². The second-order valence-corrected chi connectivity index (χ2v) is 5.74. The Labute approximate surface area is 116 Å². The molecule has 0 saturated carbocycles. The van der Waals surface area contributed by atoms with Gasteiger partial charge in [-0.05, 0) is 43.0 Å². The first-order valence-corrected chi connectivity index (χ1v) is 7.18. The van der Waals surface area contributed by atoms with Crippen molar-refractivity contribution in [3.63, 3.8) is 0 Å². The van der Waals surface area contributed by atoms with E-state index in [1.165, 1.54) is 12.8 Å². The van der Waals surface area contributed by atoms with Crippen LogP contribution in [-0.2, 0) is 0 Å². The normalized spacial score (nSPS) is 21.8. The monoisotopic (exact) mass is 263 g/mol. The van der Waals surface area contributed by atoms with Gasteiger partial charge in [0.15, 0.2) is 0 Å². The van der Waals surface area contributed by atoms with Crippen LogP contribution in [0.3, 0.4) is 0 Å². The van der Waals surface area contributed by atoms with E-state index in [-0.39, 0.29) is 0 Å². The van der Waals surface area contributed by atoms with E-state index in [0.717, 1.165) is 24.4 Å². The number of benzene rings is 1. The first-order valence-electron chi connectivity index (χ1n) is 7.18. The smallest absolute Gasteiger partial charge is 0.118 e.